The van der Waals surface area contributed by atoms with Crippen LogP contribution in [-0.4, -0.2) is 122 Å². The van der Waals surface area contributed by atoms with Gasteiger partial charge in [-0.15, -0.1) is 0 Å². The highest BCUT2D eigenvalue weighted by molar-refractivity contribution is 6.09. The summed E-state index contributed by atoms with van der Waals surface area (Å²) < 4.78 is 33.9. The first-order valence-corrected chi connectivity index (χ1v) is 24.4. The lowest BCUT2D eigenvalue weighted by molar-refractivity contribution is -0.135. The number of hydrogen-bond donors (Lipinski definition) is 3. The Morgan fingerprint density at radius 3 is 2.35 bits per heavy atom. The summed E-state index contributed by atoms with van der Waals surface area (Å²) in [7, 11) is 3.47. The molecule has 5 aliphatic rings. The standard InChI is InChI=1S/C51H63F2N11O4/c1-33(65)62-27-19-42(41(32-62)49(54)63-22-7-9-36-28-39(37-30-55-58(2)31-37)40(48(52)53)29-45(36)63)56-38-17-25-61(26-18-38)21-5-4-20-60-23-15-34(16-24-60)11-12-35-8-6-10-43-47(35)59(3)51(68)64(43)44-13-14-46(66)57-50(44)67/h6,8,10,28-31,34,38,44,48,54,56H,4-5,7,9,13-27,32H2,1-3H3,(H,57,66,67). The van der Waals surface area contributed by atoms with E-state index in [1.165, 1.54) is 4.57 Å². The number of fused-ring (bicyclic) bond motifs is 2. The number of piperidine rings is 3. The molecule has 2 aromatic carbocycles. The van der Waals surface area contributed by atoms with Crippen molar-refractivity contribution in [3.05, 3.63) is 81.2 Å². The Morgan fingerprint density at radius 1 is 0.941 bits per heavy atom. The number of imide groups is 1. The Hall–Kier alpha value is -6.12. The van der Waals surface area contributed by atoms with E-state index in [1.807, 2.05) is 29.2 Å². The Kier molecular flexibility index (Phi) is 14.0. The fourth-order valence-electron chi connectivity index (χ4n) is 10.9. The number of rotatable bonds is 11. The number of likely N-dealkylation sites (tertiary alicyclic amines) is 2. The number of unbranched alkanes of at least 4 members (excludes halogenated alkanes) is 1. The maximum absolute atomic E-state index is 14.6. The van der Waals surface area contributed by atoms with E-state index in [0.29, 0.717) is 60.3 Å². The van der Waals surface area contributed by atoms with Gasteiger partial charge in [-0.25, -0.2) is 13.6 Å². The maximum Gasteiger partial charge on any atom is 0.329 e. The third-order valence-corrected chi connectivity index (χ3v) is 14.8. The molecular formula is C51H63F2N11O4. The molecule has 7 heterocycles. The van der Waals surface area contributed by atoms with Gasteiger partial charge in [0.05, 0.1) is 29.3 Å². The highest BCUT2D eigenvalue weighted by Gasteiger charge is 2.34. The number of nitrogens with zero attached hydrogens (tertiary/aromatic N) is 8. The van der Waals surface area contributed by atoms with Crippen molar-refractivity contribution in [1.82, 2.24) is 44.2 Å². The minimum Gasteiger partial charge on any atom is -0.385 e. The van der Waals surface area contributed by atoms with Crippen molar-refractivity contribution < 1.29 is 23.2 Å². The summed E-state index contributed by atoms with van der Waals surface area (Å²) in [5, 5.41) is 20.0. The molecule has 15 nitrogen and oxygen atoms in total. The second kappa shape index (κ2) is 20.2. The maximum atomic E-state index is 14.6. The number of amides is 3. The van der Waals surface area contributed by atoms with Crippen LogP contribution in [0.25, 0.3) is 22.2 Å². The summed E-state index contributed by atoms with van der Waals surface area (Å²) in [4.78, 5) is 59.1. The van der Waals surface area contributed by atoms with E-state index in [1.54, 1.807) is 53.6 Å². The molecule has 3 saturated heterocycles. The lowest BCUT2D eigenvalue weighted by Crippen LogP contribution is -2.48. The van der Waals surface area contributed by atoms with E-state index in [0.717, 1.165) is 113 Å². The van der Waals surface area contributed by atoms with Gasteiger partial charge >= 0.3 is 5.69 Å². The zero-order chi connectivity index (χ0) is 47.6. The first-order chi connectivity index (χ1) is 32.8. The average molecular weight is 932 g/mol. The number of benzene rings is 2. The molecule has 9 rings (SSSR count). The molecule has 3 N–H and O–H groups in total. The number of aromatic nitrogens is 4. The number of carbonyl (C=O) groups is 3. The summed E-state index contributed by atoms with van der Waals surface area (Å²) in [6, 6.07) is 8.56. The Labute approximate surface area is 396 Å². The lowest BCUT2D eigenvalue weighted by Gasteiger charge is -2.39. The molecule has 17 heteroatoms. The molecule has 360 valence electrons. The van der Waals surface area contributed by atoms with Gasteiger partial charge in [0.2, 0.25) is 17.7 Å². The molecule has 3 fully saturated rings. The summed E-state index contributed by atoms with van der Waals surface area (Å²) in [5.41, 5.74) is 6.19. The van der Waals surface area contributed by atoms with Crippen LogP contribution in [0.2, 0.25) is 0 Å². The van der Waals surface area contributed by atoms with Gasteiger partial charge in [-0.2, -0.15) is 5.10 Å². The third-order valence-electron chi connectivity index (χ3n) is 14.8. The largest absolute Gasteiger partial charge is 0.385 e. The minimum atomic E-state index is -2.69. The number of aryl methyl sites for hydroxylation is 3. The van der Waals surface area contributed by atoms with Gasteiger partial charge in [0, 0.05) is 106 Å². The van der Waals surface area contributed by atoms with Crippen molar-refractivity contribution in [3.63, 3.8) is 0 Å². The smallest absolute Gasteiger partial charge is 0.329 e. The fraction of sp³-hybridized carbons (Fsp3) is 0.529. The Balaban J connectivity index is 0.755. The predicted octanol–water partition coefficient (Wildman–Crippen LogP) is 5.49. The molecule has 2 aromatic heterocycles. The molecule has 1 unspecified atom stereocenters. The van der Waals surface area contributed by atoms with E-state index >= 15 is 0 Å². The van der Waals surface area contributed by atoms with Gasteiger partial charge in [-0.3, -0.25) is 38.9 Å². The van der Waals surface area contributed by atoms with Gasteiger partial charge in [0.15, 0.2) is 0 Å². The molecular weight excluding hydrogens is 869 g/mol. The SMILES string of the molecule is CC(=O)N1CCC(NC2CCN(CCCCN3CCC(C#Cc4cccc5c4n(C)c(=O)n5C4CCC(=O)NC4=O)CC3)CC2)=C(C(=N)N2CCCc3cc(-c4cnn(C)c4)c(C(F)F)cc32)C1. The van der Waals surface area contributed by atoms with E-state index in [9.17, 15) is 33.4 Å². The topological polar surface area (TPSA) is 157 Å². The van der Waals surface area contributed by atoms with E-state index in [2.05, 4.69) is 37.4 Å². The van der Waals surface area contributed by atoms with Crippen LogP contribution in [0.3, 0.4) is 0 Å². The summed E-state index contributed by atoms with van der Waals surface area (Å²) in [6.07, 6.45) is 9.48. The van der Waals surface area contributed by atoms with E-state index < -0.39 is 18.4 Å². The zero-order valence-electron chi connectivity index (χ0n) is 39.5. The number of halogens is 2. The van der Waals surface area contributed by atoms with Crippen molar-refractivity contribution in [2.45, 2.75) is 96.1 Å². The number of amidine groups is 1. The molecule has 0 radical (unpaired) electrons. The molecule has 4 aromatic rings. The first-order valence-electron chi connectivity index (χ1n) is 24.4. The fourth-order valence-corrected chi connectivity index (χ4v) is 10.9. The van der Waals surface area contributed by atoms with Crippen LogP contribution < -0.4 is 21.2 Å². The first kappa shape index (κ1) is 47.0. The Morgan fingerprint density at radius 2 is 1.68 bits per heavy atom. The van der Waals surface area contributed by atoms with Gasteiger partial charge in [0.1, 0.15) is 11.9 Å². The quantitative estimate of drug-likeness (QED) is 0.0583. The van der Waals surface area contributed by atoms with E-state index in [-0.39, 0.29) is 47.3 Å². The third kappa shape index (κ3) is 9.89. The summed E-state index contributed by atoms with van der Waals surface area (Å²) >= 11 is 0. The molecule has 0 spiro atoms. The van der Waals surface area contributed by atoms with Crippen LogP contribution in [0.4, 0.5) is 14.5 Å². The van der Waals surface area contributed by atoms with Crippen molar-refractivity contribution >= 4 is 40.3 Å². The van der Waals surface area contributed by atoms with Crippen molar-refractivity contribution in [2.75, 3.05) is 63.8 Å². The van der Waals surface area contributed by atoms with E-state index in [4.69, 9.17) is 0 Å². The normalized spacial score (nSPS) is 20.2. The number of carbonyl (C=O) groups excluding carboxylic acids is 3. The predicted molar refractivity (Wildman–Crippen MR) is 257 cm³/mol. The van der Waals surface area contributed by atoms with Crippen molar-refractivity contribution in [1.29, 1.82) is 5.41 Å². The molecule has 0 saturated carbocycles. The minimum absolute atomic E-state index is 0.0409. The molecule has 1 atom stereocenters. The highest BCUT2D eigenvalue weighted by Crippen LogP contribution is 2.40. The van der Waals surface area contributed by atoms with Gasteiger partial charge in [-0.1, -0.05) is 17.9 Å². The lowest BCUT2D eigenvalue weighted by atomic mass is 9.92. The van der Waals surface area contributed by atoms with Crippen molar-refractivity contribution in [3.8, 4) is 23.0 Å². The number of alkyl halides is 2. The van der Waals surface area contributed by atoms with Crippen LogP contribution in [0.15, 0.2) is 58.8 Å². The molecule has 0 aliphatic carbocycles. The Bertz CT molecular complexity index is 2750. The number of anilines is 1. The van der Waals surface area contributed by atoms with Gasteiger partial charge in [-0.05, 0) is 119 Å². The van der Waals surface area contributed by atoms with Crippen LogP contribution in [-0.2, 0) is 34.9 Å². The molecule has 68 heavy (non-hydrogen) atoms. The summed E-state index contributed by atoms with van der Waals surface area (Å²) in [5.74, 6) is 6.60. The van der Waals surface area contributed by atoms with Crippen LogP contribution in [0.5, 0.6) is 0 Å². The van der Waals surface area contributed by atoms with Gasteiger partial charge in [0.25, 0.3) is 6.43 Å². The number of para-hydroxylation sites is 1. The van der Waals surface area contributed by atoms with Crippen LogP contribution >= 0.6 is 0 Å². The number of hydrogen-bond acceptors (Lipinski definition) is 9. The highest BCUT2D eigenvalue weighted by atomic mass is 19.3. The zero-order valence-corrected chi connectivity index (χ0v) is 39.5. The number of nitrogens with one attached hydrogen (secondary N) is 3. The second-order valence-electron chi connectivity index (χ2n) is 19.2. The van der Waals surface area contributed by atoms with Gasteiger partial charge < -0.3 is 24.9 Å². The van der Waals surface area contributed by atoms with Crippen LogP contribution in [0.1, 0.15) is 100 Å². The number of imidazole rings is 1. The molecule has 3 amide bonds. The molecule has 0 bridgehead atoms. The average Bonchev–Trinajstić information content (AvgIpc) is 3.88. The summed E-state index contributed by atoms with van der Waals surface area (Å²) in [6.45, 7) is 9.07. The van der Waals surface area contributed by atoms with Crippen molar-refractivity contribution in [2.24, 2.45) is 20.0 Å². The van der Waals surface area contributed by atoms with Crippen LogP contribution in [0, 0.1) is 23.2 Å². The monoisotopic (exact) mass is 932 g/mol. The second-order valence-corrected chi connectivity index (χ2v) is 19.2. The molecule has 5 aliphatic heterocycles.